The molecule has 0 bridgehead atoms. The topological polar surface area (TPSA) is 12.5 Å². The molecule has 0 aliphatic heterocycles. The molecule has 1 aliphatic rings. The van der Waals surface area contributed by atoms with Gasteiger partial charge in [-0.25, -0.2) is 0 Å². The maximum Gasteiger partial charge on any atom is 0.0615 e. The minimum absolute atomic E-state index is 0.493. The minimum Gasteiger partial charge on any atom is -0.383 e. The second-order valence-electron chi connectivity index (χ2n) is 5.77. The van der Waals surface area contributed by atoms with Gasteiger partial charge in [0, 0.05) is 25.0 Å². The van der Waals surface area contributed by atoms with Crippen LogP contribution in [0.25, 0.3) is 0 Å². The van der Waals surface area contributed by atoms with Crippen molar-refractivity contribution < 1.29 is 4.74 Å². The van der Waals surface area contributed by atoms with Gasteiger partial charge in [-0.1, -0.05) is 41.6 Å². The SMILES string of the molecule is COCC(C)N(C)CC1(CBr)CCCCCC1. The van der Waals surface area contributed by atoms with Crippen molar-refractivity contribution in [2.24, 2.45) is 5.41 Å². The third-order valence-electron chi connectivity index (χ3n) is 4.19. The van der Waals surface area contributed by atoms with E-state index in [0.717, 1.165) is 11.9 Å². The second-order valence-corrected chi connectivity index (χ2v) is 6.33. The van der Waals surface area contributed by atoms with Gasteiger partial charge in [-0.05, 0) is 32.2 Å². The Hall–Kier alpha value is 0.400. The van der Waals surface area contributed by atoms with Gasteiger partial charge in [0.2, 0.25) is 0 Å². The van der Waals surface area contributed by atoms with Gasteiger partial charge >= 0.3 is 0 Å². The van der Waals surface area contributed by atoms with E-state index in [1.54, 1.807) is 7.11 Å². The molecule has 3 heteroatoms. The molecule has 0 amide bonds. The lowest BCUT2D eigenvalue weighted by molar-refractivity contribution is 0.0820. The lowest BCUT2D eigenvalue weighted by Gasteiger charge is -2.37. The van der Waals surface area contributed by atoms with Crippen molar-refractivity contribution in [3.63, 3.8) is 0 Å². The quantitative estimate of drug-likeness (QED) is 0.548. The number of hydrogen-bond donors (Lipinski definition) is 0. The summed E-state index contributed by atoms with van der Waals surface area (Å²) < 4.78 is 5.25. The molecular weight excluding hydrogens is 278 g/mol. The molecule has 1 saturated carbocycles. The van der Waals surface area contributed by atoms with Gasteiger partial charge < -0.3 is 9.64 Å². The third-order valence-corrected chi connectivity index (χ3v) is 5.38. The van der Waals surface area contributed by atoms with E-state index in [2.05, 4.69) is 34.8 Å². The fourth-order valence-corrected chi connectivity index (χ4v) is 3.60. The summed E-state index contributed by atoms with van der Waals surface area (Å²) in [4.78, 5) is 2.47. The first-order chi connectivity index (χ1) is 8.13. The number of rotatable bonds is 6. The summed E-state index contributed by atoms with van der Waals surface area (Å²) in [5.74, 6) is 0. The first-order valence-electron chi connectivity index (χ1n) is 6.89. The Balaban J connectivity index is 2.54. The van der Waals surface area contributed by atoms with Crippen LogP contribution in [0, 0.1) is 5.41 Å². The van der Waals surface area contributed by atoms with E-state index in [9.17, 15) is 0 Å². The van der Waals surface area contributed by atoms with Crippen LogP contribution >= 0.6 is 15.9 Å². The molecule has 1 fully saturated rings. The summed E-state index contributed by atoms with van der Waals surface area (Å²) in [5, 5.41) is 1.14. The Morgan fingerprint density at radius 2 is 1.82 bits per heavy atom. The average molecular weight is 306 g/mol. The Morgan fingerprint density at radius 1 is 1.24 bits per heavy atom. The van der Waals surface area contributed by atoms with Crippen molar-refractivity contribution in [1.29, 1.82) is 0 Å². The van der Waals surface area contributed by atoms with Crippen molar-refractivity contribution in [3.8, 4) is 0 Å². The van der Waals surface area contributed by atoms with Crippen LogP contribution in [0.5, 0.6) is 0 Å². The normalized spacial score (nSPS) is 22.4. The summed E-state index contributed by atoms with van der Waals surface area (Å²) in [6, 6.07) is 0.513. The van der Waals surface area contributed by atoms with Gasteiger partial charge in [-0.15, -0.1) is 0 Å². The average Bonchev–Trinajstić information content (AvgIpc) is 2.55. The van der Waals surface area contributed by atoms with Gasteiger partial charge in [-0.2, -0.15) is 0 Å². The van der Waals surface area contributed by atoms with E-state index in [-0.39, 0.29) is 0 Å². The summed E-state index contributed by atoms with van der Waals surface area (Å²) in [5.41, 5.74) is 0.493. The zero-order valence-corrected chi connectivity index (χ0v) is 13.3. The highest BCUT2D eigenvalue weighted by molar-refractivity contribution is 9.09. The van der Waals surface area contributed by atoms with E-state index in [1.165, 1.54) is 45.1 Å². The number of nitrogens with zero attached hydrogens (tertiary/aromatic N) is 1. The number of hydrogen-bond acceptors (Lipinski definition) is 2. The van der Waals surface area contributed by atoms with Crippen LogP contribution in [-0.2, 0) is 4.74 Å². The van der Waals surface area contributed by atoms with Crippen molar-refractivity contribution in [1.82, 2.24) is 4.90 Å². The molecule has 2 nitrogen and oxygen atoms in total. The number of alkyl halides is 1. The van der Waals surface area contributed by atoms with E-state index < -0.39 is 0 Å². The molecule has 1 rings (SSSR count). The lowest BCUT2D eigenvalue weighted by Crippen LogP contribution is -2.42. The fraction of sp³-hybridized carbons (Fsp3) is 1.00. The highest BCUT2D eigenvalue weighted by Crippen LogP contribution is 2.37. The maximum absolute atomic E-state index is 5.25. The summed E-state index contributed by atoms with van der Waals surface area (Å²) in [6.07, 6.45) is 8.40. The fourth-order valence-electron chi connectivity index (χ4n) is 2.87. The monoisotopic (exact) mass is 305 g/mol. The maximum atomic E-state index is 5.25. The first-order valence-corrected chi connectivity index (χ1v) is 8.01. The van der Waals surface area contributed by atoms with E-state index in [1.807, 2.05) is 0 Å². The van der Waals surface area contributed by atoms with Crippen LogP contribution in [0.1, 0.15) is 45.4 Å². The Kier molecular flexibility index (Phi) is 7.05. The molecule has 1 unspecified atom stereocenters. The first kappa shape index (κ1) is 15.5. The van der Waals surface area contributed by atoms with Crippen LogP contribution in [0.3, 0.4) is 0 Å². The van der Waals surface area contributed by atoms with Gasteiger partial charge in [0.05, 0.1) is 6.61 Å². The molecule has 1 aliphatic carbocycles. The molecule has 0 aromatic carbocycles. The van der Waals surface area contributed by atoms with Crippen molar-refractivity contribution in [3.05, 3.63) is 0 Å². The summed E-state index contributed by atoms with van der Waals surface area (Å²) in [6.45, 7) is 4.28. The Bertz CT molecular complexity index is 202. The molecule has 0 spiro atoms. The molecule has 0 aromatic rings. The van der Waals surface area contributed by atoms with Gasteiger partial charge in [0.15, 0.2) is 0 Å². The highest BCUT2D eigenvalue weighted by Gasteiger charge is 2.32. The summed E-state index contributed by atoms with van der Waals surface area (Å²) >= 11 is 3.76. The Labute approximate surface area is 115 Å². The molecule has 0 N–H and O–H groups in total. The molecule has 0 aromatic heterocycles. The number of likely N-dealkylation sites (N-methyl/N-ethyl adjacent to an activating group) is 1. The van der Waals surface area contributed by atoms with Crippen LogP contribution in [0.4, 0.5) is 0 Å². The Morgan fingerprint density at radius 3 is 2.29 bits per heavy atom. The minimum atomic E-state index is 0.493. The zero-order valence-electron chi connectivity index (χ0n) is 11.7. The third kappa shape index (κ3) is 4.88. The van der Waals surface area contributed by atoms with Crippen LogP contribution in [0.15, 0.2) is 0 Å². The van der Waals surface area contributed by atoms with Gasteiger partial charge in [-0.3, -0.25) is 0 Å². The molecule has 0 saturated heterocycles. The number of halogens is 1. The van der Waals surface area contributed by atoms with E-state index in [0.29, 0.717) is 11.5 Å². The van der Waals surface area contributed by atoms with Crippen LogP contribution < -0.4 is 0 Å². The largest absolute Gasteiger partial charge is 0.383 e. The van der Waals surface area contributed by atoms with Gasteiger partial charge in [0.25, 0.3) is 0 Å². The number of ether oxygens (including phenoxy) is 1. The molecule has 0 heterocycles. The van der Waals surface area contributed by atoms with Crippen molar-refractivity contribution in [2.45, 2.75) is 51.5 Å². The summed E-state index contributed by atoms with van der Waals surface area (Å²) in [7, 11) is 4.02. The van der Waals surface area contributed by atoms with E-state index in [4.69, 9.17) is 4.74 Å². The van der Waals surface area contributed by atoms with Crippen molar-refractivity contribution in [2.75, 3.05) is 32.6 Å². The smallest absolute Gasteiger partial charge is 0.0615 e. The zero-order chi connectivity index (χ0) is 12.7. The molecule has 1 atom stereocenters. The molecule has 0 radical (unpaired) electrons. The standard InChI is InChI=1S/C14H28BrNO/c1-13(10-17-3)16(2)12-14(11-15)8-6-4-5-7-9-14/h13H,4-12H2,1-3H3. The van der Waals surface area contributed by atoms with E-state index >= 15 is 0 Å². The van der Waals surface area contributed by atoms with Crippen LogP contribution in [0.2, 0.25) is 0 Å². The highest BCUT2D eigenvalue weighted by atomic mass is 79.9. The lowest BCUT2D eigenvalue weighted by atomic mass is 9.82. The predicted molar refractivity (Wildman–Crippen MR) is 77.9 cm³/mol. The molecule has 17 heavy (non-hydrogen) atoms. The molecule has 102 valence electrons. The van der Waals surface area contributed by atoms with Crippen LogP contribution in [-0.4, -0.2) is 43.6 Å². The second kappa shape index (κ2) is 7.75. The van der Waals surface area contributed by atoms with Gasteiger partial charge in [0.1, 0.15) is 0 Å². The number of methoxy groups -OCH3 is 1. The van der Waals surface area contributed by atoms with Crippen molar-refractivity contribution >= 4 is 15.9 Å². The predicted octanol–water partition coefficient (Wildman–Crippen LogP) is 3.69. The molecular formula is C14H28BrNO.